The van der Waals surface area contributed by atoms with Crippen LogP contribution in [-0.2, 0) is 0 Å². The van der Waals surface area contributed by atoms with Crippen molar-refractivity contribution >= 4 is 48.9 Å². The zero-order chi connectivity index (χ0) is 13.3. The predicted molar refractivity (Wildman–Crippen MR) is 75.5 cm³/mol. The van der Waals surface area contributed by atoms with Gasteiger partial charge in [-0.2, -0.15) is 0 Å². The summed E-state index contributed by atoms with van der Waals surface area (Å²) in [6, 6.07) is 3.88. The summed E-state index contributed by atoms with van der Waals surface area (Å²) in [7, 11) is 0. The lowest BCUT2D eigenvalue weighted by molar-refractivity contribution is -0.386. The normalized spacial score (nSPS) is 14.4. The monoisotopic (exact) mass is 394 g/mol. The molecular formula is C10H8Br2N2O3S. The maximum atomic E-state index is 11.0. The molecule has 2 rings (SSSR count). The largest absolute Gasteiger partial charge is 0.352 e. The molecule has 0 spiro atoms. The molecule has 0 radical (unpaired) electrons. The Kier molecular flexibility index (Phi) is 4.18. The molecule has 8 heteroatoms. The number of halogens is 2. The quantitative estimate of drug-likeness (QED) is 0.433. The fraction of sp³-hybridized carbons (Fsp3) is 0.300. The van der Waals surface area contributed by atoms with Crippen LogP contribution in [0.25, 0.3) is 0 Å². The van der Waals surface area contributed by atoms with E-state index in [9.17, 15) is 10.1 Å². The summed E-state index contributed by atoms with van der Waals surface area (Å²) < 4.78 is 5.07. The van der Waals surface area contributed by atoms with Gasteiger partial charge in [-0.25, -0.2) is 0 Å². The van der Waals surface area contributed by atoms with Gasteiger partial charge in [0.25, 0.3) is 0 Å². The summed E-state index contributed by atoms with van der Waals surface area (Å²) in [5.74, 6) is 0.229. The zero-order valence-corrected chi connectivity index (χ0v) is 13.2. The molecule has 0 unspecified atom stereocenters. The van der Waals surface area contributed by atoms with Crippen LogP contribution in [0.5, 0.6) is 0 Å². The second-order valence-electron chi connectivity index (χ2n) is 3.56. The van der Waals surface area contributed by atoms with Crippen molar-refractivity contribution in [3.63, 3.8) is 0 Å². The van der Waals surface area contributed by atoms with E-state index >= 15 is 0 Å². The van der Waals surface area contributed by atoms with Gasteiger partial charge in [0.05, 0.1) is 14.6 Å². The van der Waals surface area contributed by atoms with Gasteiger partial charge in [0.1, 0.15) is 0 Å². The highest BCUT2D eigenvalue weighted by molar-refractivity contribution is 9.12. The molecule has 96 valence electrons. The standard InChI is InChI=1S/C10H8Br2N2O3S/c1-5-9(14(15)16)10(17-13-5)8(12)7(11)6-3-2-4-18-6/h2-4,7-8H,1H3/t7-,8-/m0/s1. The molecule has 0 aliphatic carbocycles. The van der Waals surface area contributed by atoms with Crippen molar-refractivity contribution < 1.29 is 9.45 Å². The fourth-order valence-electron chi connectivity index (χ4n) is 1.51. The van der Waals surface area contributed by atoms with Gasteiger partial charge in [-0.05, 0) is 18.4 Å². The highest BCUT2D eigenvalue weighted by atomic mass is 79.9. The molecular weight excluding hydrogens is 388 g/mol. The van der Waals surface area contributed by atoms with Crippen molar-refractivity contribution in [2.45, 2.75) is 16.6 Å². The smallest absolute Gasteiger partial charge is 0.335 e. The number of aromatic nitrogens is 1. The molecule has 0 aliphatic heterocycles. The molecule has 0 aliphatic rings. The molecule has 0 fully saturated rings. The lowest BCUT2D eigenvalue weighted by atomic mass is 10.2. The van der Waals surface area contributed by atoms with Gasteiger partial charge in [-0.15, -0.1) is 11.3 Å². The minimum atomic E-state index is -0.469. The van der Waals surface area contributed by atoms with E-state index in [-0.39, 0.29) is 26.8 Å². The minimum Gasteiger partial charge on any atom is -0.352 e. The first-order chi connectivity index (χ1) is 8.52. The van der Waals surface area contributed by atoms with E-state index in [1.807, 2.05) is 17.5 Å². The lowest BCUT2D eigenvalue weighted by Gasteiger charge is -2.11. The summed E-state index contributed by atoms with van der Waals surface area (Å²) in [6.45, 7) is 1.55. The number of nitro groups is 1. The van der Waals surface area contributed by atoms with E-state index in [0.717, 1.165) is 4.88 Å². The maximum Gasteiger partial charge on any atom is 0.335 e. The molecule has 0 saturated carbocycles. The third kappa shape index (κ3) is 2.50. The van der Waals surface area contributed by atoms with Crippen molar-refractivity contribution in [3.05, 3.63) is 44.0 Å². The average Bonchev–Trinajstić information content (AvgIpc) is 2.95. The van der Waals surface area contributed by atoms with Crippen LogP contribution in [0.4, 0.5) is 5.69 Å². The molecule has 0 N–H and O–H groups in total. The van der Waals surface area contributed by atoms with E-state index in [4.69, 9.17) is 4.52 Å². The number of hydrogen-bond donors (Lipinski definition) is 0. The third-order valence-electron chi connectivity index (χ3n) is 2.36. The summed E-state index contributed by atoms with van der Waals surface area (Å²) in [5, 5.41) is 16.6. The van der Waals surface area contributed by atoms with Gasteiger partial charge in [0, 0.05) is 4.88 Å². The second-order valence-corrected chi connectivity index (χ2v) is 6.51. The van der Waals surface area contributed by atoms with Crippen molar-refractivity contribution in [1.82, 2.24) is 5.16 Å². The molecule has 18 heavy (non-hydrogen) atoms. The topological polar surface area (TPSA) is 69.2 Å². The van der Waals surface area contributed by atoms with Gasteiger partial charge in [-0.3, -0.25) is 10.1 Å². The highest BCUT2D eigenvalue weighted by Gasteiger charge is 2.34. The van der Waals surface area contributed by atoms with Crippen molar-refractivity contribution in [2.75, 3.05) is 0 Å². The average molecular weight is 396 g/mol. The molecule has 2 heterocycles. The van der Waals surface area contributed by atoms with Crippen LogP contribution in [0.3, 0.4) is 0 Å². The van der Waals surface area contributed by atoms with E-state index in [1.54, 1.807) is 18.3 Å². The molecule has 0 aromatic carbocycles. The number of alkyl halides is 2. The number of aryl methyl sites for hydroxylation is 1. The van der Waals surface area contributed by atoms with E-state index in [2.05, 4.69) is 37.0 Å². The van der Waals surface area contributed by atoms with Crippen LogP contribution in [0.2, 0.25) is 0 Å². The Morgan fingerprint density at radius 1 is 1.50 bits per heavy atom. The van der Waals surface area contributed by atoms with Crippen LogP contribution in [0, 0.1) is 17.0 Å². The van der Waals surface area contributed by atoms with Crippen LogP contribution in [0.15, 0.2) is 22.0 Å². The van der Waals surface area contributed by atoms with Crippen LogP contribution >= 0.6 is 43.2 Å². The maximum absolute atomic E-state index is 11.0. The Bertz CT molecular complexity index is 555. The Morgan fingerprint density at radius 2 is 2.22 bits per heavy atom. The number of nitrogens with zero attached hydrogens (tertiary/aromatic N) is 2. The van der Waals surface area contributed by atoms with Crippen molar-refractivity contribution in [2.24, 2.45) is 0 Å². The first-order valence-electron chi connectivity index (χ1n) is 4.94. The summed E-state index contributed by atoms with van der Waals surface area (Å²) in [5.41, 5.74) is 0.211. The van der Waals surface area contributed by atoms with Crippen LogP contribution < -0.4 is 0 Å². The summed E-state index contributed by atoms with van der Waals surface area (Å²) in [4.78, 5) is 11.1. The Balaban J connectivity index is 2.34. The molecule has 2 aromatic rings. The molecule has 0 saturated heterocycles. The number of rotatable bonds is 4. The van der Waals surface area contributed by atoms with Gasteiger partial charge < -0.3 is 4.52 Å². The van der Waals surface area contributed by atoms with Crippen LogP contribution in [-0.4, -0.2) is 10.1 Å². The Labute approximate surface area is 124 Å². The Morgan fingerprint density at radius 3 is 2.78 bits per heavy atom. The van der Waals surface area contributed by atoms with Gasteiger partial charge >= 0.3 is 5.69 Å². The number of hydrogen-bond acceptors (Lipinski definition) is 5. The number of thiophene rings is 1. The zero-order valence-electron chi connectivity index (χ0n) is 9.17. The lowest BCUT2D eigenvalue weighted by Crippen LogP contribution is -2.00. The van der Waals surface area contributed by atoms with Gasteiger partial charge in [0.15, 0.2) is 5.69 Å². The van der Waals surface area contributed by atoms with Gasteiger partial charge in [-0.1, -0.05) is 43.1 Å². The van der Waals surface area contributed by atoms with Crippen LogP contribution in [0.1, 0.15) is 26.0 Å². The first kappa shape index (κ1) is 13.7. The Hall–Kier alpha value is -0.730. The molecule has 0 amide bonds. The summed E-state index contributed by atoms with van der Waals surface area (Å²) >= 11 is 8.51. The first-order valence-corrected chi connectivity index (χ1v) is 7.65. The van der Waals surface area contributed by atoms with Crippen molar-refractivity contribution in [3.8, 4) is 0 Å². The summed E-state index contributed by atoms with van der Waals surface area (Å²) in [6.07, 6.45) is 0. The molecule has 2 atom stereocenters. The van der Waals surface area contributed by atoms with E-state index < -0.39 is 4.92 Å². The van der Waals surface area contributed by atoms with Crippen molar-refractivity contribution in [1.29, 1.82) is 0 Å². The van der Waals surface area contributed by atoms with E-state index in [0.29, 0.717) is 0 Å². The SMILES string of the molecule is Cc1noc([C@@H](Br)[C@@H](Br)c2cccs2)c1[N+](=O)[O-]. The third-order valence-corrected chi connectivity index (χ3v) is 6.30. The molecule has 0 bridgehead atoms. The molecule has 2 aromatic heterocycles. The minimum absolute atomic E-state index is 0.0714. The fourth-order valence-corrected chi connectivity index (χ4v) is 3.72. The molecule has 5 nitrogen and oxygen atoms in total. The highest BCUT2D eigenvalue weighted by Crippen LogP contribution is 2.47. The van der Waals surface area contributed by atoms with E-state index in [1.165, 1.54) is 0 Å². The second kappa shape index (κ2) is 5.50. The predicted octanol–water partition coefficient (Wildman–Crippen LogP) is 4.52. The van der Waals surface area contributed by atoms with Gasteiger partial charge in [0.2, 0.25) is 5.76 Å².